The van der Waals surface area contributed by atoms with E-state index in [9.17, 15) is 9.59 Å². The van der Waals surface area contributed by atoms with Crippen molar-refractivity contribution in [2.75, 3.05) is 6.54 Å². The minimum Gasteiger partial charge on any atom is -0.480 e. The number of amides is 1. The number of aliphatic carboxylic acids is 1. The van der Waals surface area contributed by atoms with Gasteiger partial charge >= 0.3 is 5.97 Å². The standard InChI is InChI=1S/C8H16N2O3.ClH/c1-2-3-4-10-6(8(12)13)5-7(9)11;/h6,10H,2-5H2,1H3,(H2,9,11)(H,12,13);1H. The van der Waals surface area contributed by atoms with E-state index in [0.29, 0.717) is 6.54 Å². The molecule has 0 aromatic heterocycles. The zero-order valence-electron chi connectivity index (χ0n) is 8.16. The van der Waals surface area contributed by atoms with Gasteiger partial charge in [-0.05, 0) is 13.0 Å². The Morgan fingerprint density at radius 3 is 2.43 bits per heavy atom. The third kappa shape index (κ3) is 7.82. The average Bonchev–Trinajstić information content (AvgIpc) is 2.02. The monoisotopic (exact) mass is 224 g/mol. The first-order valence-electron chi connectivity index (χ1n) is 4.32. The van der Waals surface area contributed by atoms with Gasteiger partial charge in [0.05, 0.1) is 6.42 Å². The Balaban J connectivity index is 0. The van der Waals surface area contributed by atoms with Crippen LogP contribution in [0.2, 0.25) is 0 Å². The van der Waals surface area contributed by atoms with Crippen LogP contribution in [0.25, 0.3) is 0 Å². The summed E-state index contributed by atoms with van der Waals surface area (Å²) in [6.07, 6.45) is 1.72. The quantitative estimate of drug-likeness (QED) is 0.536. The Hall–Kier alpha value is -0.810. The molecule has 1 atom stereocenters. The van der Waals surface area contributed by atoms with E-state index in [2.05, 4.69) is 5.32 Å². The molecular weight excluding hydrogens is 208 g/mol. The fourth-order valence-corrected chi connectivity index (χ4v) is 0.901. The highest BCUT2D eigenvalue weighted by molar-refractivity contribution is 5.85. The van der Waals surface area contributed by atoms with Crippen molar-refractivity contribution in [1.82, 2.24) is 5.32 Å². The van der Waals surface area contributed by atoms with Gasteiger partial charge in [-0.1, -0.05) is 13.3 Å². The molecule has 0 saturated heterocycles. The van der Waals surface area contributed by atoms with E-state index in [-0.39, 0.29) is 18.8 Å². The van der Waals surface area contributed by atoms with Crippen molar-refractivity contribution in [2.24, 2.45) is 5.73 Å². The Morgan fingerprint density at radius 1 is 1.50 bits per heavy atom. The topological polar surface area (TPSA) is 92.4 Å². The molecule has 0 aliphatic carbocycles. The summed E-state index contributed by atoms with van der Waals surface area (Å²) in [6.45, 7) is 2.60. The van der Waals surface area contributed by atoms with Crippen molar-refractivity contribution in [3.63, 3.8) is 0 Å². The van der Waals surface area contributed by atoms with Crippen LogP contribution in [-0.4, -0.2) is 29.6 Å². The van der Waals surface area contributed by atoms with E-state index in [0.717, 1.165) is 12.8 Å². The molecule has 0 aromatic rings. The molecule has 0 heterocycles. The second kappa shape index (κ2) is 8.77. The minimum atomic E-state index is -1.03. The second-order valence-electron chi connectivity index (χ2n) is 2.87. The molecule has 1 amide bonds. The molecule has 0 aliphatic heterocycles. The van der Waals surface area contributed by atoms with Gasteiger partial charge in [0.25, 0.3) is 0 Å². The van der Waals surface area contributed by atoms with Crippen LogP contribution < -0.4 is 11.1 Å². The van der Waals surface area contributed by atoms with Crippen molar-refractivity contribution in [3.05, 3.63) is 0 Å². The average molecular weight is 225 g/mol. The van der Waals surface area contributed by atoms with Crippen LogP contribution in [0.3, 0.4) is 0 Å². The Labute approximate surface area is 89.5 Å². The van der Waals surface area contributed by atoms with Crippen molar-refractivity contribution >= 4 is 24.3 Å². The number of hydrogen-bond donors (Lipinski definition) is 3. The lowest BCUT2D eigenvalue weighted by Crippen LogP contribution is -2.40. The van der Waals surface area contributed by atoms with Crippen molar-refractivity contribution in [3.8, 4) is 0 Å². The van der Waals surface area contributed by atoms with E-state index < -0.39 is 17.9 Å². The first-order chi connectivity index (χ1) is 6.07. The lowest BCUT2D eigenvalue weighted by atomic mass is 10.2. The predicted octanol–water partition coefficient (Wildman–Crippen LogP) is 0.127. The van der Waals surface area contributed by atoms with Crippen molar-refractivity contribution in [1.29, 1.82) is 0 Å². The highest BCUT2D eigenvalue weighted by atomic mass is 35.5. The molecule has 0 saturated carbocycles. The molecule has 5 nitrogen and oxygen atoms in total. The van der Waals surface area contributed by atoms with Crippen LogP contribution >= 0.6 is 12.4 Å². The summed E-state index contributed by atoms with van der Waals surface area (Å²) in [4.78, 5) is 21.0. The van der Waals surface area contributed by atoms with Gasteiger partial charge in [0.2, 0.25) is 5.91 Å². The molecule has 0 bridgehead atoms. The molecule has 0 spiro atoms. The summed E-state index contributed by atoms with van der Waals surface area (Å²) in [5.74, 6) is -1.63. The van der Waals surface area contributed by atoms with Gasteiger partial charge in [-0.15, -0.1) is 12.4 Å². The Morgan fingerprint density at radius 2 is 2.07 bits per heavy atom. The number of nitrogens with two attached hydrogens (primary N) is 1. The normalized spacial score (nSPS) is 11.5. The lowest BCUT2D eigenvalue weighted by Gasteiger charge is -2.11. The molecule has 0 rings (SSSR count). The maximum atomic E-state index is 10.6. The molecule has 0 aliphatic rings. The molecule has 0 aromatic carbocycles. The van der Waals surface area contributed by atoms with Gasteiger partial charge in [-0.25, -0.2) is 0 Å². The number of nitrogens with one attached hydrogen (secondary N) is 1. The van der Waals surface area contributed by atoms with E-state index in [4.69, 9.17) is 10.8 Å². The smallest absolute Gasteiger partial charge is 0.321 e. The number of rotatable bonds is 7. The summed E-state index contributed by atoms with van der Waals surface area (Å²) in [5, 5.41) is 11.4. The third-order valence-corrected chi connectivity index (χ3v) is 1.62. The number of unbranched alkanes of at least 4 members (excludes halogenated alkanes) is 1. The van der Waals surface area contributed by atoms with Crippen molar-refractivity contribution < 1.29 is 14.7 Å². The highest BCUT2D eigenvalue weighted by Gasteiger charge is 2.18. The van der Waals surface area contributed by atoms with E-state index >= 15 is 0 Å². The summed E-state index contributed by atoms with van der Waals surface area (Å²) in [7, 11) is 0. The number of primary amides is 1. The number of halogens is 1. The maximum absolute atomic E-state index is 10.6. The van der Waals surface area contributed by atoms with E-state index in [1.165, 1.54) is 0 Å². The zero-order chi connectivity index (χ0) is 10.3. The summed E-state index contributed by atoms with van der Waals surface area (Å²) in [5.41, 5.74) is 4.89. The highest BCUT2D eigenvalue weighted by Crippen LogP contribution is 1.93. The number of hydrogen-bond acceptors (Lipinski definition) is 3. The van der Waals surface area contributed by atoms with Crippen LogP contribution in [0.5, 0.6) is 0 Å². The molecule has 6 heteroatoms. The summed E-state index contributed by atoms with van der Waals surface area (Å²) >= 11 is 0. The van der Waals surface area contributed by atoms with Crippen LogP contribution in [0.1, 0.15) is 26.2 Å². The molecule has 0 fully saturated rings. The first-order valence-corrected chi connectivity index (χ1v) is 4.32. The van der Waals surface area contributed by atoms with Gasteiger partial charge in [-0.2, -0.15) is 0 Å². The molecular formula is C8H17ClN2O3. The zero-order valence-corrected chi connectivity index (χ0v) is 8.97. The first kappa shape index (κ1) is 15.7. The van der Waals surface area contributed by atoms with Crippen LogP contribution in [0.4, 0.5) is 0 Å². The third-order valence-electron chi connectivity index (χ3n) is 1.62. The summed E-state index contributed by atoms with van der Waals surface area (Å²) < 4.78 is 0. The maximum Gasteiger partial charge on any atom is 0.321 e. The van der Waals surface area contributed by atoms with Crippen LogP contribution in [0, 0.1) is 0 Å². The van der Waals surface area contributed by atoms with Gasteiger partial charge in [0.15, 0.2) is 0 Å². The lowest BCUT2D eigenvalue weighted by molar-refractivity contribution is -0.141. The number of carboxylic acid groups (broad SMARTS) is 1. The van der Waals surface area contributed by atoms with Crippen LogP contribution in [0.15, 0.2) is 0 Å². The van der Waals surface area contributed by atoms with Gasteiger partial charge in [-0.3, -0.25) is 9.59 Å². The molecule has 1 unspecified atom stereocenters. The Kier molecular flexibility index (Phi) is 9.81. The molecule has 84 valence electrons. The minimum absolute atomic E-state index is 0. The fourth-order valence-electron chi connectivity index (χ4n) is 0.901. The van der Waals surface area contributed by atoms with Gasteiger partial charge < -0.3 is 16.2 Å². The largest absolute Gasteiger partial charge is 0.480 e. The molecule has 14 heavy (non-hydrogen) atoms. The number of carbonyl (C=O) groups excluding carboxylic acids is 1. The van der Waals surface area contributed by atoms with Crippen LogP contribution in [-0.2, 0) is 9.59 Å². The SMILES string of the molecule is CCCCNC(CC(N)=O)C(=O)O.Cl. The van der Waals surface area contributed by atoms with E-state index in [1.54, 1.807) is 0 Å². The van der Waals surface area contributed by atoms with E-state index in [1.807, 2.05) is 6.92 Å². The fraction of sp³-hybridized carbons (Fsp3) is 0.750. The predicted molar refractivity (Wildman–Crippen MR) is 55.4 cm³/mol. The number of carbonyl (C=O) groups is 2. The van der Waals surface area contributed by atoms with Gasteiger partial charge in [0, 0.05) is 0 Å². The van der Waals surface area contributed by atoms with Gasteiger partial charge in [0.1, 0.15) is 6.04 Å². The van der Waals surface area contributed by atoms with Crippen molar-refractivity contribution in [2.45, 2.75) is 32.2 Å². The number of carboxylic acids is 1. The second-order valence-corrected chi connectivity index (χ2v) is 2.87. The Bertz CT molecular complexity index is 187. The summed E-state index contributed by atoms with van der Waals surface area (Å²) in [6, 6.07) is -0.843. The molecule has 0 radical (unpaired) electrons. The molecule has 4 N–H and O–H groups in total.